The van der Waals surface area contributed by atoms with Crippen LogP contribution >= 0.6 is 0 Å². The maximum absolute atomic E-state index is 12.3. The van der Waals surface area contributed by atoms with Crippen molar-refractivity contribution in [2.75, 3.05) is 19.8 Å². The van der Waals surface area contributed by atoms with Crippen molar-refractivity contribution in [3.8, 4) is 0 Å². The molecule has 0 radical (unpaired) electrons. The average molecular weight is 366 g/mol. The van der Waals surface area contributed by atoms with Crippen LogP contribution in [0.5, 0.6) is 0 Å². The number of hydrogen-bond acceptors (Lipinski definition) is 5. The Hall–Kier alpha value is -1.10. The molecule has 0 unspecified atom stereocenters. The number of carbonyl (C=O) groups excluding carboxylic acids is 2. The van der Waals surface area contributed by atoms with E-state index in [1.165, 1.54) is 32.1 Å². The molecule has 4 rings (SSSR count). The molecule has 0 aromatic rings. The first-order valence-electron chi connectivity index (χ1n) is 10.2. The first kappa shape index (κ1) is 19.7. The van der Waals surface area contributed by atoms with Crippen LogP contribution in [0.4, 0.5) is 0 Å². The first-order valence-corrected chi connectivity index (χ1v) is 10.2. The van der Waals surface area contributed by atoms with Crippen molar-refractivity contribution in [3.05, 3.63) is 0 Å². The summed E-state index contributed by atoms with van der Waals surface area (Å²) in [5.74, 6) is 2.21. The van der Waals surface area contributed by atoms with Gasteiger partial charge in [0.25, 0.3) is 0 Å². The molecular formula is C21H34O5. The topological polar surface area (TPSA) is 61.8 Å². The Morgan fingerprint density at radius 2 is 1.58 bits per heavy atom. The lowest BCUT2D eigenvalue weighted by Gasteiger charge is -2.59. The van der Waals surface area contributed by atoms with E-state index in [9.17, 15) is 9.59 Å². The maximum atomic E-state index is 12.3. The minimum Gasteiger partial charge on any atom is -0.463 e. The highest BCUT2D eigenvalue weighted by Crippen LogP contribution is 2.59. The summed E-state index contributed by atoms with van der Waals surface area (Å²) < 4.78 is 16.5. The van der Waals surface area contributed by atoms with Crippen molar-refractivity contribution >= 4 is 11.9 Å². The van der Waals surface area contributed by atoms with E-state index < -0.39 is 5.41 Å². The summed E-state index contributed by atoms with van der Waals surface area (Å²) in [6.07, 6.45) is 6.94. The summed E-state index contributed by atoms with van der Waals surface area (Å²) in [7, 11) is 0. The Morgan fingerprint density at radius 3 is 2.12 bits per heavy atom. The summed E-state index contributed by atoms with van der Waals surface area (Å²) in [5, 5.41) is 0. The highest BCUT2D eigenvalue weighted by molar-refractivity contribution is 5.75. The molecule has 0 aromatic heterocycles. The molecule has 5 nitrogen and oxygen atoms in total. The molecule has 0 N–H and O–H groups in total. The Bertz CT molecular complexity index is 511. The number of esters is 2. The van der Waals surface area contributed by atoms with Gasteiger partial charge in [0.2, 0.25) is 0 Å². The molecule has 0 amide bonds. The van der Waals surface area contributed by atoms with Crippen LogP contribution < -0.4 is 0 Å². The lowest BCUT2D eigenvalue weighted by Crippen LogP contribution is -2.58. The maximum Gasteiger partial charge on any atom is 0.332 e. The summed E-state index contributed by atoms with van der Waals surface area (Å²) >= 11 is 0. The predicted octanol–water partition coefficient (Wildman–Crippen LogP) is 3.74. The van der Waals surface area contributed by atoms with Crippen molar-refractivity contribution < 1.29 is 23.8 Å². The molecule has 0 aromatic carbocycles. The van der Waals surface area contributed by atoms with Gasteiger partial charge in [-0.3, -0.25) is 4.79 Å². The fourth-order valence-corrected chi connectivity index (χ4v) is 5.25. The Balaban J connectivity index is 1.38. The zero-order valence-corrected chi connectivity index (χ0v) is 16.7. The molecule has 0 saturated heterocycles. The molecule has 0 heterocycles. The molecule has 4 saturated carbocycles. The number of ether oxygens (including phenoxy) is 3. The monoisotopic (exact) mass is 366 g/mol. The SMILES string of the molecule is CCC(C)(C)C(=O)OCCOCC(=O)OC1(C)C2CC3CC(C2)CC1C3. The average Bonchev–Trinajstić information content (AvgIpc) is 2.58. The van der Waals surface area contributed by atoms with Crippen LogP contribution in [-0.4, -0.2) is 37.4 Å². The van der Waals surface area contributed by atoms with Crippen LogP contribution in [-0.2, 0) is 23.8 Å². The third-order valence-electron chi connectivity index (χ3n) is 7.21. The Kier molecular flexibility index (Phi) is 5.66. The molecule has 4 bridgehead atoms. The van der Waals surface area contributed by atoms with Crippen LogP contribution in [0.25, 0.3) is 0 Å². The molecule has 0 aliphatic heterocycles. The quantitative estimate of drug-likeness (QED) is 0.484. The third-order valence-corrected chi connectivity index (χ3v) is 7.21. The van der Waals surface area contributed by atoms with Crippen molar-refractivity contribution in [1.29, 1.82) is 0 Å². The smallest absolute Gasteiger partial charge is 0.332 e. The Labute approximate surface area is 157 Å². The van der Waals surface area contributed by atoms with Crippen LogP contribution in [0.2, 0.25) is 0 Å². The fourth-order valence-electron chi connectivity index (χ4n) is 5.25. The van der Waals surface area contributed by atoms with Crippen molar-refractivity contribution in [2.45, 2.75) is 71.8 Å². The summed E-state index contributed by atoms with van der Waals surface area (Å²) in [5.41, 5.74) is -0.793. The van der Waals surface area contributed by atoms with E-state index in [2.05, 4.69) is 6.92 Å². The van der Waals surface area contributed by atoms with Crippen molar-refractivity contribution in [1.82, 2.24) is 0 Å². The van der Waals surface area contributed by atoms with Crippen LogP contribution in [0, 0.1) is 29.1 Å². The van der Waals surface area contributed by atoms with Crippen molar-refractivity contribution in [2.24, 2.45) is 29.1 Å². The van der Waals surface area contributed by atoms with Gasteiger partial charge in [0.1, 0.15) is 18.8 Å². The second-order valence-corrected chi connectivity index (χ2v) is 9.39. The van der Waals surface area contributed by atoms with Gasteiger partial charge >= 0.3 is 11.9 Å². The van der Waals surface area contributed by atoms with Crippen LogP contribution in [0.3, 0.4) is 0 Å². The van der Waals surface area contributed by atoms with Crippen LogP contribution in [0.1, 0.15) is 66.2 Å². The van der Waals surface area contributed by atoms with Gasteiger partial charge in [-0.05, 0) is 83.0 Å². The first-order chi connectivity index (χ1) is 12.2. The molecule has 0 atom stereocenters. The zero-order valence-electron chi connectivity index (χ0n) is 16.7. The highest BCUT2D eigenvalue weighted by atomic mass is 16.6. The van der Waals surface area contributed by atoms with Gasteiger partial charge in [0, 0.05) is 0 Å². The summed E-state index contributed by atoms with van der Waals surface area (Å²) in [6.45, 7) is 8.12. The van der Waals surface area contributed by atoms with E-state index in [-0.39, 0.29) is 37.4 Å². The van der Waals surface area contributed by atoms with E-state index in [1.807, 2.05) is 20.8 Å². The van der Waals surface area contributed by atoms with Gasteiger partial charge < -0.3 is 14.2 Å². The minimum absolute atomic E-state index is 0.0728. The molecule has 4 aliphatic carbocycles. The Morgan fingerprint density at radius 1 is 1.00 bits per heavy atom. The molecule has 5 heteroatoms. The van der Waals surface area contributed by atoms with E-state index >= 15 is 0 Å². The fraction of sp³-hybridized carbons (Fsp3) is 0.905. The largest absolute Gasteiger partial charge is 0.463 e. The number of rotatable bonds is 8. The van der Waals surface area contributed by atoms with Gasteiger partial charge in [-0.15, -0.1) is 0 Å². The van der Waals surface area contributed by atoms with Gasteiger partial charge in [-0.1, -0.05) is 6.92 Å². The van der Waals surface area contributed by atoms with Gasteiger partial charge in [0.05, 0.1) is 12.0 Å². The highest BCUT2D eigenvalue weighted by Gasteiger charge is 2.57. The molecule has 4 aliphatic rings. The summed E-state index contributed by atoms with van der Waals surface area (Å²) in [6, 6.07) is 0. The molecule has 4 fully saturated rings. The molecule has 148 valence electrons. The predicted molar refractivity (Wildman–Crippen MR) is 97.4 cm³/mol. The number of carbonyl (C=O) groups is 2. The second-order valence-electron chi connectivity index (χ2n) is 9.39. The third kappa shape index (κ3) is 3.92. The van der Waals surface area contributed by atoms with E-state index in [0.717, 1.165) is 18.3 Å². The molecule has 26 heavy (non-hydrogen) atoms. The second kappa shape index (κ2) is 7.49. The molecular weight excluding hydrogens is 332 g/mol. The van der Waals surface area contributed by atoms with E-state index in [1.54, 1.807) is 0 Å². The van der Waals surface area contributed by atoms with Gasteiger partial charge in [0.15, 0.2) is 0 Å². The van der Waals surface area contributed by atoms with Crippen molar-refractivity contribution in [3.63, 3.8) is 0 Å². The normalized spacial score (nSPS) is 35.4. The lowest BCUT2D eigenvalue weighted by molar-refractivity contribution is -0.206. The van der Waals surface area contributed by atoms with Gasteiger partial charge in [-0.25, -0.2) is 4.79 Å². The zero-order chi connectivity index (χ0) is 18.9. The van der Waals surface area contributed by atoms with Crippen LogP contribution in [0.15, 0.2) is 0 Å². The minimum atomic E-state index is -0.479. The van der Waals surface area contributed by atoms with Gasteiger partial charge in [-0.2, -0.15) is 0 Å². The lowest BCUT2D eigenvalue weighted by atomic mass is 9.50. The standard InChI is InChI=1S/C21H34O5/c1-5-20(2,3)19(23)25-7-6-24-13-18(22)26-21(4)16-9-14-8-15(11-16)12-17(21)10-14/h14-17H,5-13H2,1-4H3. The van der Waals surface area contributed by atoms with E-state index in [0.29, 0.717) is 11.8 Å². The summed E-state index contributed by atoms with van der Waals surface area (Å²) in [4.78, 5) is 24.2. The van der Waals surface area contributed by atoms with E-state index in [4.69, 9.17) is 14.2 Å². The molecule has 0 spiro atoms. The number of hydrogen-bond donors (Lipinski definition) is 0.